The van der Waals surface area contributed by atoms with Crippen LogP contribution in [0.2, 0.25) is 0 Å². The Morgan fingerprint density at radius 3 is 2.45 bits per heavy atom. The minimum absolute atomic E-state index is 0.0608. The van der Waals surface area contributed by atoms with Crippen molar-refractivity contribution in [1.29, 1.82) is 0 Å². The van der Waals surface area contributed by atoms with Gasteiger partial charge in [-0.2, -0.15) is 0 Å². The van der Waals surface area contributed by atoms with Crippen LogP contribution in [0.25, 0.3) is 0 Å². The zero-order valence-electron chi connectivity index (χ0n) is 12.7. The molecule has 0 aromatic heterocycles. The molecule has 0 aromatic rings. The summed E-state index contributed by atoms with van der Waals surface area (Å²) in [5.74, 6) is -0.428. The molecule has 2 N–H and O–H groups in total. The lowest BCUT2D eigenvalue weighted by molar-refractivity contribution is -0.149. The molecule has 20 heavy (non-hydrogen) atoms. The Kier molecular flexibility index (Phi) is 4.37. The van der Waals surface area contributed by atoms with Crippen molar-refractivity contribution >= 4 is 11.9 Å². The Bertz CT molecular complexity index is 375. The molecular weight excluding hydrogens is 256 g/mol. The second-order valence-electron chi connectivity index (χ2n) is 7.09. The summed E-state index contributed by atoms with van der Waals surface area (Å²) in [6.07, 6.45) is 5.67. The monoisotopic (exact) mass is 282 g/mol. The number of carboxylic acid groups (broad SMARTS) is 1. The normalized spacial score (nSPS) is 29.9. The molecule has 0 bridgehead atoms. The van der Waals surface area contributed by atoms with Crippen molar-refractivity contribution in [3.05, 3.63) is 0 Å². The Hall–Kier alpha value is -1.10. The highest BCUT2D eigenvalue weighted by Crippen LogP contribution is 2.34. The number of rotatable bonds is 3. The molecular formula is C15H26N2O3. The summed E-state index contributed by atoms with van der Waals surface area (Å²) in [6.45, 7) is 5.43. The zero-order valence-corrected chi connectivity index (χ0v) is 12.7. The lowest BCUT2D eigenvalue weighted by atomic mass is 9.85. The standard InChI is InChI=1S/C15H26N2O3/c1-15(2,3)17(9-13(18)19)14(20)12-8-10-6-4-5-7-11(10)16-12/h10-12,16H,4-9H2,1-3H3,(H,18,19). The van der Waals surface area contributed by atoms with E-state index in [1.54, 1.807) is 0 Å². The molecule has 5 nitrogen and oxygen atoms in total. The fourth-order valence-corrected chi connectivity index (χ4v) is 3.48. The maximum absolute atomic E-state index is 12.7. The van der Waals surface area contributed by atoms with E-state index in [-0.39, 0.29) is 18.5 Å². The number of hydrogen-bond acceptors (Lipinski definition) is 3. The summed E-state index contributed by atoms with van der Waals surface area (Å²) in [5, 5.41) is 12.5. The first-order valence-corrected chi connectivity index (χ1v) is 7.58. The van der Waals surface area contributed by atoms with Crippen LogP contribution in [0.5, 0.6) is 0 Å². The highest BCUT2D eigenvalue weighted by molar-refractivity contribution is 5.86. The van der Waals surface area contributed by atoms with Crippen LogP contribution in [0, 0.1) is 5.92 Å². The van der Waals surface area contributed by atoms with E-state index in [2.05, 4.69) is 5.32 Å². The van der Waals surface area contributed by atoms with E-state index in [4.69, 9.17) is 5.11 Å². The summed E-state index contributed by atoms with van der Waals surface area (Å²) in [7, 11) is 0. The number of nitrogens with one attached hydrogen (secondary N) is 1. The molecule has 114 valence electrons. The van der Waals surface area contributed by atoms with Gasteiger partial charge in [0, 0.05) is 11.6 Å². The fraction of sp³-hybridized carbons (Fsp3) is 0.867. The lowest BCUT2D eigenvalue weighted by Crippen LogP contribution is -2.54. The number of carboxylic acids is 1. The highest BCUT2D eigenvalue weighted by Gasteiger charge is 2.41. The molecule has 0 radical (unpaired) electrons. The predicted octanol–water partition coefficient (Wildman–Crippen LogP) is 1.62. The summed E-state index contributed by atoms with van der Waals surface area (Å²) in [6, 6.07) is 0.242. The van der Waals surface area contributed by atoms with Crippen molar-refractivity contribution < 1.29 is 14.7 Å². The number of carbonyl (C=O) groups excluding carboxylic acids is 1. The van der Waals surface area contributed by atoms with E-state index in [1.807, 2.05) is 20.8 Å². The minimum Gasteiger partial charge on any atom is -0.480 e. The smallest absolute Gasteiger partial charge is 0.323 e. The maximum atomic E-state index is 12.7. The topological polar surface area (TPSA) is 69.6 Å². The van der Waals surface area contributed by atoms with Gasteiger partial charge in [-0.15, -0.1) is 0 Å². The van der Waals surface area contributed by atoms with Gasteiger partial charge >= 0.3 is 5.97 Å². The number of hydrogen-bond donors (Lipinski definition) is 2. The number of carbonyl (C=O) groups is 2. The number of amides is 1. The van der Waals surface area contributed by atoms with Gasteiger partial charge in [-0.1, -0.05) is 12.8 Å². The van der Waals surface area contributed by atoms with E-state index >= 15 is 0 Å². The third-order valence-electron chi connectivity index (χ3n) is 4.53. The Labute approximate surface area is 120 Å². The van der Waals surface area contributed by atoms with Gasteiger partial charge in [0.15, 0.2) is 0 Å². The molecule has 1 aliphatic heterocycles. The third-order valence-corrected chi connectivity index (χ3v) is 4.53. The van der Waals surface area contributed by atoms with E-state index in [1.165, 1.54) is 24.2 Å². The van der Waals surface area contributed by atoms with Crippen molar-refractivity contribution in [3.63, 3.8) is 0 Å². The van der Waals surface area contributed by atoms with Crippen LogP contribution in [-0.4, -0.2) is 46.1 Å². The van der Waals surface area contributed by atoms with Gasteiger partial charge in [-0.3, -0.25) is 9.59 Å². The van der Waals surface area contributed by atoms with Gasteiger partial charge in [0.05, 0.1) is 6.04 Å². The molecule has 0 spiro atoms. The van der Waals surface area contributed by atoms with Crippen molar-refractivity contribution in [2.24, 2.45) is 5.92 Å². The van der Waals surface area contributed by atoms with E-state index in [9.17, 15) is 9.59 Å². The second kappa shape index (κ2) is 5.72. The molecule has 2 rings (SSSR count). The molecule has 1 aliphatic carbocycles. The Morgan fingerprint density at radius 1 is 1.25 bits per heavy atom. The lowest BCUT2D eigenvalue weighted by Gasteiger charge is -2.36. The van der Waals surface area contributed by atoms with Crippen molar-refractivity contribution in [2.45, 2.75) is 70.5 Å². The predicted molar refractivity (Wildman–Crippen MR) is 76.4 cm³/mol. The zero-order chi connectivity index (χ0) is 14.9. The largest absolute Gasteiger partial charge is 0.480 e. The maximum Gasteiger partial charge on any atom is 0.323 e. The molecule has 3 unspecified atom stereocenters. The molecule has 1 heterocycles. The van der Waals surface area contributed by atoms with Gasteiger partial charge in [-0.05, 0) is 46.0 Å². The SMILES string of the molecule is CC(C)(C)N(CC(=O)O)C(=O)C1CC2CCCCC2N1. The third kappa shape index (κ3) is 3.32. The summed E-state index contributed by atoms with van der Waals surface area (Å²) in [4.78, 5) is 25.2. The molecule has 0 aromatic carbocycles. The van der Waals surface area contributed by atoms with Crippen molar-refractivity contribution in [2.75, 3.05) is 6.54 Å². The van der Waals surface area contributed by atoms with Gasteiger partial charge in [0.1, 0.15) is 6.54 Å². The first kappa shape index (κ1) is 15.3. The van der Waals surface area contributed by atoms with Gasteiger partial charge in [0.25, 0.3) is 0 Å². The first-order chi connectivity index (χ1) is 9.29. The average Bonchev–Trinajstić information content (AvgIpc) is 2.77. The molecule has 1 saturated carbocycles. The molecule has 2 fully saturated rings. The van der Waals surface area contributed by atoms with E-state index in [0.717, 1.165) is 12.8 Å². The van der Waals surface area contributed by atoms with Crippen LogP contribution in [0.4, 0.5) is 0 Å². The fourth-order valence-electron chi connectivity index (χ4n) is 3.48. The number of aliphatic carboxylic acids is 1. The van der Waals surface area contributed by atoms with Crippen LogP contribution in [-0.2, 0) is 9.59 Å². The molecule has 1 amide bonds. The summed E-state index contributed by atoms with van der Waals surface area (Å²) >= 11 is 0. The number of nitrogens with zero attached hydrogens (tertiary/aromatic N) is 1. The van der Waals surface area contributed by atoms with Crippen LogP contribution in [0.1, 0.15) is 52.9 Å². The van der Waals surface area contributed by atoms with Gasteiger partial charge < -0.3 is 15.3 Å². The second-order valence-corrected chi connectivity index (χ2v) is 7.09. The summed E-state index contributed by atoms with van der Waals surface area (Å²) in [5.41, 5.74) is -0.467. The molecule has 2 aliphatic rings. The van der Waals surface area contributed by atoms with Crippen LogP contribution in [0.15, 0.2) is 0 Å². The van der Waals surface area contributed by atoms with Crippen molar-refractivity contribution in [3.8, 4) is 0 Å². The Balaban J connectivity index is 2.06. The molecule has 3 atom stereocenters. The van der Waals surface area contributed by atoms with Gasteiger partial charge in [0.2, 0.25) is 5.91 Å². The Morgan fingerprint density at radius 2 is 1.90 bits per heavy atom. The molecule has 1 saturated heterocycles. The van der Waals surface area contributed by atoms with E-state index < -0.39 is 11.5 Å². The average molecular weight is 282 g/mol. The summed E-state index contributed by atoms with van der Waals surface area (Å²) < 4.78 is 0. The van der Waals surface area contributed by atoms with Crippen LogP contribution in [0.3, 0.4) is 0 Å². The highest BCUT2D eigenvalue weighted by atomic mass is 16.4. The quantitative estimate of drug-likeness (QED) is 0.825. The van der Waals surface area contributed by atoms with Gasteiger partial charge in [-0.25, -0.2) is 0 Å². The van der Waals surface area contributed by atoms with Crippen LogP contribution >= 0.6 is 0 Å². The van der Waals surface area contributed by atoms with Crippen molar-refractivity contribution in [1.82, 2.24) is 10.2 Å². The minimum atomic E-state index is -0.955. The first-order valence-electron chi connectivity index (χ1n) is 7.58. The molecule has 5 heteroatoms. The van der Waals surface area contributed by atoms with E-state index in [0.29, 0.717) is 12.0 Å². The number of fused-ring (bicyclic) bond motifs is 1. The van der Waals surface area contributed by atoms with Crippen LogP contribution < -0.4 is 5.32 Å².